The molecule has 5 nitrogen and oxygen atoms in total. The number of anilines is 1. The Hall–Kier alpha value is -2.91. The molecule has 0 saturated heterocycles. The monoisotopic (exact) mass is 365 g/mol. The van der Waals surface area contributed by atoms with Crippen molar-refractivity contribution in [2.45, 2.75) is 17.9 Å². The Bertz CT molecular complexity index is 867. The number of hydrogen-bond acceptors (Lipinski definition) is 6. The van der Waals surface area contributed by atoms with E-state index in [1.54, 1.807) is 31.0 Å². The van der Waals surface area contributed by atoms with Crippen molar-refractivity contribution in [2.75, 3.05) is 19.2 Å². The van der Waals surface area contributed by atoms with Crippen molar-refractivity contribution in [2.24, 2.45) is 5.10 Å². The van der Waals surface area contributed by atoms with Crippen molar-refractivity contribution in [1.29, 1.82) is 5.26 Å². The summed E-state index contributed by atoms with van der Waals surface area (Å²) in [6, 6.07) is 17.2. The number of methoxy groups -OCH3 is 2. The van der Waals surface area contributed by atoms with Gasteiger partial charge in [0, 0.05) is 4.90 Å². The first-order valence-electron chi connectivity index (χ1n) is 8.07. The molecule has 2 aromatic rings. The van der Waals surface area contributed by atoms with Crippen LogP contribution in [0.3, 0.4) is 0 Å². The van der Waals surface area contributed by atoms with Crippen LogP contribution in [0.25, 0.3) is 0 Å². The summed E-state index contributed by atoms with van der Waals surface area (Å²) >= 11 is 1.56. The lowest BCUT2D eigenvalue weighted by Crippen LogP contribution is -2.32. The maximum atomic E-state index is 9.52. The van der Waals surface area contributed by atoms with E-state index in [4.69, 9.17) is 14.6 Å². The van der Waals surface area contributed by atoms with Crippen molar-refractivity contribution in [3.05, 3.63) is 60.2 Å². The van der Waals surface area contributed by atoms with Gasteiger partial charge in [0.05, 0.1) is 26.0 Å². The molecule has 2 aromatic carbocycles. The van der Waals surface area contributed by atoms with Crippen LogP contribution in [-0.4, -0.2) is 25.3 Å². The fraction of sp³-hybridized carbons (Fsp3) is 0.200. The number of rotatable bonds is 4. The zero-order valence-corrected chi connectivity index (χ0v) is 15.7. The maximum absolute atomic E-state index is 9.52. The van der Waals surface area contributed by atoms with Crippen molar-refractivity contribution in [3.8, 4) is 17.6 Å². The Morgan fingerprint density at radius 3 is 2.12 bits per heavy atom. The minimum Gasteiger partial charge on any atom is -0.497 e. The molecule has 0 bridgehead atoms. The van der Waals surface area contributed by atoms with E-state index in [1.807, 2.05) is 61.5 Å². The summed E-state index contributed by atoms with van der Waals surface area (Å²) in [5.41, 5.74) is 1.83. The molecule has 0 amide bonds. The highest BCUT2D eigenvalue weighted by molar-refractivity contribution is 8.14. The van der Waals surface area contributed by atoms with Crippen molar-refractivity contribution >= 4 is 22.5 Å². The molecular weight excluding hydrogens is 346 g/mol. The summed E-state index contributed by atoms with van der Waals surface area (Å²) in [6.45, 7) is 1.98. The standard InChI is InChI=1S/C20H19N3O2S/c1-14-12-16(13-21)23(15-4-6-17(24-2)7-5-15)22-20(14)26-19-10-8-18(25-3)9-11-19/h4-12,16H,1-3H3. The lowest BCUT2D eigenvalue weighted by atomic mass is 10.1. The van der Waals surface area contributed by atoms with Gasteiger partial charge in [0.2, 0.25) is 0 Å². The quantitative estimate of drug-likeness (QED) is 0.800. The number of ether oxygens (including phenoxy) is 2. The van der Waals surface area contributed by atoms with Gasteiger partial charge < -0.3 is 9.47 Å². The average Bonchev–Trinajstić information content (AvgIpc) is 2.70. The smallest absolute Gasteiger partial charge is 0.157 e. The van der Waals surface area contributed by atoms with Gasteiger partial charge >= 0.3 is 0 Å². The second kappa shape index (κ2) is 7.98. The minimum absolute atomic E-state index is 0.441. The van der Waals surface area contributed by atoms with E-state index in [9.17, 15) is 5.26 Å². The average molecular weight is 365 g/mol. The SMILES string of the molecule is COc1ccc(SC2=NN(c3ccc(OC)cc3)C(C#N)C=C2C)cc1. The first-order chi connectivity index (χ1) is 12.6. The summed E-state index contributed by atoms with van der Waals surface area (Å²) in [7, 11) is 3.27. The molecule has 0 fully saturated rings. The van der Waals surface area contributed by atoms with Gasteiger partial charge in [-0.2, -0.15) is 10.4 Å². The van der Waals surface area contributed by atoms with E-state index in [2.05, 4.69) is 6.07 Å². The molecule has 0 radical (unpaired) electrons. The summed E-state index contributed by atoms with van der Waals surface area (Å²) in [4.78, 5) is 1.06. The number of hydrazone groups is 1. The topological polar surface area (TPSA) is 57.9 Å². The predicted octanol–water partition coefficient (Wildman–Crippen LogP) is 4.47. The van der Waals surface area contributed by atoms with Crippen molar-refractivity contribution in [3.63, 3.8) is 0 Å². The number of thioether (sulfide) groups is 1. The zero-order valence-electron chi connectivity index (χ0n) is 14.8. The molecule has 0 N–H and O–H groups in total. The van der Waals surface area contributed by atoms with Gasteiger partial charge in [-0.05, 0) is 67.1 Å². The first kappa shape index (κ1) is 17.9. The van der Waals surface area contributed by atoms with Crippen LogP contribution in [0, 0.1) is 11.3 Å². The molecule has 0 saturated carbocycles. The van der Waals surface area contributed by atoms with Crippen LogP contribution in [-0.2, 0) is 0 Å². The molecule has 1 aliphatic heterocycles. The summed E-state index contributed by atoms with van der Waals surface area (Å²) in [6.07, 6.45) is 1.93. The third-order valence-electron chi connectivity index (χ3n) is 3.95. The van der Waals surface area contributed by atoms with Crippen LogP contribution in [0.15, 0.2) is 70.2 Å². The second-order valence-corrected chi connectivity index (χ2v) is 6.71. The number of nitrogens with zero attached hydrogens (tertiary/aromatic N) is 3. The molecule has 3 rings (SSSR count). The van der Waals surface area contributed by atoms with Crippen LogP contribution in [0.1, 0.15) is 6.92 Å². The predicted molar refractivity (Wildman–Crippen MR) is 105 cm³/mol. The van der Waals surface area contributed by atoms with Crippen LogP contribution in [0.2, 0.25) is 0 Å². The van der Waals surface area contributed by atoms with Gasteiger partial charge in [-0.1, -0.05) is 11.8 Å². The molecule has 0 aliphatic carbocycles. The van der Waals surface area contributed by atoms with E-state index in [0.717, 1.165) is 32.7 Å². The fourth-order valence-electron chi connectivity index (χ4n) is 2.52. The number of nitriles is 1. The van der Waals surface area contributed by atoms with Crippen LogP contribution in [0.5, 0.6) is 11.5 Å². The lowest BCUT2D eigenvalue weighted by molar-refractivity contribution is 0.414. The van der Waals surface area contributed by atoms with E-state index < -0.39 is 6.04 Å². The zero-order chi connectivity index (χ0) is 18.5. The molecule has 0 spiro atoms. The fourth-order valence-corrected chi connectivity index (χ4v) is 3.37. The molecule has 1 aliphatic rings. The molecule has 1 heterocycles. The lowest BCUT2D eigenvalue weighted by Gasteiger charge is -2.28. The maximum Gasteiger partial charge on any atom is 0.157 e. The second-order valence-electron chi connectivity index (χ2n) is 5.65. The molecule has 6 heteroatoms. The van der Waals surface area contributed by atoms with Gasteiger partial charge in [0.1, 0.15) is 16.5 Å². The number of hydrogen-bond donors (Lipinski definition) is 0. The van der Waals surface area contributed by atoms with E-state index in [1.165, 1.54) is 0 Å². The van der Waals surface area contributed by atoms with Gasteiger partial charge in [-0.15, -0.1) is 0 Å². The summed E-state index contributed by atoms with van der Waals surface area (Å²) < 4.78 is 10.4. The molecule has 132 valence electrons. The highest BCUT2D eigenvalue weighted by Crippen LogP contribution is 2.31. The first-order valence-corrected chi connectivity index (χ1v) is 8.88. The number of benzene rings is 2. The molecule has 1 unspecified atom stereocenters. The van der Waals surface area contributed by atoms with E-state index in [-0.39, 0.29) is 0 Å². The minimum atomic E-state index is -0.441. The van der Waals surface area contributed by atoms with E-state index in [0.29, 0.717) is 0 Å². The molecule has 26 heavy (non-hydrogen) atoms. The third-order valence-corrected chi connectivity index (χ3v) is 5.06. The van der Waals surface area contributed by atoms with Crippen LogP contribution in [0.4, 0.5) is 5.69 Å². The molecule has 0 aromatic heterocycles. The van der Waals surface area contributed by atoms with Crippen molar-refractivity contribution < 1.29 is 9.47 Å². The van der Waals surface area contributed by atoms with Gasteiger partial charge in [0.25, 0.3) is 0 Å². The van der Waals surface area contributed by atoms with E-state index >= 15 is 0 Å². The van der Waals surface area contributed by atoms with Gasteiger partial charge in [0.15, 0.2) is 6.04 Å². The van der Waals surface area contributed by atoms with Crippen molar-refractivity contribution in [1.82, 2.24) is 0 Å². The highest BCUT2D eigenvalue weighted by atomic mass is 32.2. The Morgan fingerprint density at radius 2 is 1.58 bits per heavy atom. The Balaban J connectivity index is 1.88. The molecule has 1 atom stereocenters. The normalized spacial score (nSPS) is 16.4. The Morgan fingerprint density at radius 1 is 1.00 bits per heavy atom. The molecular formula is C20H19N3O2S. The largest absolute Gasteiger partial charge is 0.497 e. The van der Waals surface area contributed by atoms with Gasteiger partial charge in [-0.3, -0.25) is 0 Å². The highest BCUT2D eigenvalue weighted by Gasteiger charge is 2.23. The van der Waals surface area contributed by atoms with Crippen LogP contribution >= 0.6 is 11.8 Å². The summed E-state index contributed by atoms with van der Waals surface area (Å²) in [5.74, 6) is 1.58. The van der Waals surface area contributed by atoms with Crippen LogP contribution < -0.4 is 14.5 Å². The summed E-state index contributed by atoms with van der Waals surface area (Å²) in [5, 5.41) is 16.8. The Kier molecular flexibility index (Phi) is 5.49. The third kappa shape index (κ3) is 3.84. The van der Waals surface area contributed by atoms with Gasteiger partial charge in [-0.25, -0.2) is 5.01 Å². The Labute approximate surface area is 157 Å².